The van der Waals surface area contributed by atoms with E-state index in [9.17, 15) is 14.4 Å². The van der Waals surface area contributed by atoms with E-state index in [4.69, 9.17) is 14.2 Å². The van der Waals surface area contributed by atoms with Gasteiger partial charge < -0.3 is 19.1 Å². The van der Waals surface area contributed by atoms with Crippen molar-refractivity contribution in [3.8, 4) is 11.5 Å². The first-order chi connectivity index (χ1) is 13.5. The maximum atomic E-state index is 13.3. The van der Waals surface area contributed by atoms with Crippen LogP contribution in [0.2, 0.25) is 0 Å². The third-order valence-electron chi connectivity index (χ3n) is 6.62. The Kier molecular flexibility index (Phi) is 4.36. The topological polar surface area (TPSA) is 82.1 Å². The minimum absolute atomic E-state index is 0.164. The fraction of sp³-hybridized carbons (Fsp3) is 0.571. The molecule has 2 heterocycles. The fourth-order valence-electron chi connectivity index (χ4n) is 5.50. The normalized spacial score (nSPS) is 28.3. The third-order valence-corrected chi connectivity index (χ3v) is 6.62. The SMILES string of the molecule is CCOC(=O)[C@@]12CCCC[C@@]13c1cc(OC)c(OC)cc1CCN3C(=O)C2=O. The second-order valence-electron chi connectivity index (χ2n) is 7.59. The van der Waals surface area contributed by atoms with Gasteiger partial charge in [-0.3, -0.25) is 14.4 Å². The molecule has 7 nitrogen and oxygen atoms in total. The van der Waals surface area contributed by atoms with Gasteiger partial charge in [0, 0.05) is 6.54 Å². The molecule has 3 aliphatic rings. The molecule has 2 aliphatic heterocycles. The third kappa shape index (κ3) is 2.07. The molecule has 0 N–H and O–H groups in total. The summed E-state index contributed by atoms with van der Waals surface area (Å²) >= 11 is 0. The van der Waals surface area contributed by atoms with E-state index in [1.165, 1.54) is 0 Å². The minimum atomic E-state index is -1.49. The lowest BCUT2D eigenvalue weighted by Crippen LogP contribution is -2.60. The van der Waals surface area contributed by atoms with E-state index in [-0.39, 0.29) is 6.61 Å². The molecule has 0 unspecified atom stereocenters. The Morgan fingerprint density at radius 1 is 1.11 bits per heavy atom. The number of rotatable bonds is 4. The van der Waals surface area contributed by atoms with Crippen molar-refractivity contribution >= 4 is 17.7 Å². The number of ether oxygens (including phenoxy) is 3. The first-order valence-corrected chi connectivity index (χ1v) is 9.77. The zero-order valence-corrected chi connectivity index (χ0v) is 16.5. The standard InChI is InChI=1S/C21H25NO6/c1-4-28-19(25)20-8-5-6-9-21(20)14-12-16(27-3)15(26-2)11-13(14)7-10-22(21)18(24)17(20)23/h11-12H,4-10H2,1-3H3/t20-,21+/m0/s1. The summed E-state index contributed by atoms with van der Waals surface area (Å²) in [5.74, 6) is -0.672. The van der Waals surface area contributed by atoms with Gasteiger partial charge in [0.25, 0.3) is 5.91 Å². The molecule has 0 aromatic heterocycles. The highest BCUT2D eigenvalue weighted by molar-refractivity contribution is 6.45. The highest BCUT2D eigenvalue weighted by Gasteiger charge is 2.75. The van der Waals surface area contributed by atoms with Crippen LogP contribution in [0.1, 0.15) is 43.7 Å². The Hall–Kier alpha value is -2.57. The number of methoxy groups -OCH3 is 2. The Morgan fingerprint density at radius 2 is 1.79 bits per heavy atom. The number of esters is 1. The molecule has 0 bridgehead atoms. The van der Waals surface area contributed by atoms with Crippen molar-refractivity contribution in [2.24, 2.45) is 5.41 Å². The summed E-state index contributed by atoms with van der Waals surface area (Å²) in [6.45, 7) is 2.27. The fourth-order valence-corrected chi connectivity index (χ4v) is 5.50. The van der Waals surface area contributed by atoms with Gasteiger partial charge in [-0.25, -0.2) is 0 Å². The lowest BCUT2D eigenvalue weighted by molar-refractivity contribution is -0.169. The van der Waals surface area contributed by atoms with Gasteiger partial charge in [-0.2, -0.15) is 0 Å². The molecule has 1 saturated carbocycles. The van der Waals surface area contributed by atoms with Gasteiger partial charge >= 0.3 is 5.97 Å². The summed E-state index contributed by atoms with van der Waals surface area (Å²) < 4.78 is 16.3. The molecular weight excluding hydrogens is 362 g/mol. The van der Waals surface area contributed by atoms with E-state index in [1.54, 1.807) is 26.0 Å². The molecule has 7 heteroatoms. The van der Waals surface area contributed by atoms with Gasteiger partial charge in [0.2, 0.25) is 5.78 Å². The molecule has 0 radical (unpaired) electrons. The van der Waals surface area contributed by atoms with Crippen LogP contribution in [0.25, 0.3) is 0 Å². The Bertz CT molecular complexity index is 865. The Morgan fingerprint density at radius 3 is 2.46 bits per heavy atom. The summed E-state index contributed by atoms with van der Waals surface area (Å²) in [5.41, 5.74) is -0.721. The number of amides is 1. The van der Waals surface area contributed by atoms with Gasteiger partial charge in [0.1, 0.15) is 0 Å². The van der Waals surface area contributed by atoms with Crippen LogP contribution in [0.3, 0.4) is 0 Å². The number of hydrogen-bond acceptors (Lipinski definition) is 6. The molecule has 1 spiro atoms. The second kappa shape index (κ2) is 6.50. The van der Waals surface area contributed by atoms with Crippen LogP contribution in [-0.2, 0) is 31.1 Å². The number of benzene rings is 1. The van der Waals surface area contributed by atoms with Crippen molar-refractivity contribution in [3.05, 3.63) is 23.3 Å². The van der Waals surface area contributed by atoms with Crippen molar-refractivity contribution in [3.63, 3.8) is 0 Å². The summed E-state index contributed by atoms with van der Waals surface area (Å²) in [6, 6.07) is 3.74. The van der Waals surface area contributed by atoms with Gasteiger partial charge in [0.15, 0.2) is 16.9 Å². The number of ketones is 1. The van der Waals surface area contributed by atoms with Crippen molar-refractivity contribution in [1.29, 1.82) is 0 Å². The molecule has 2 fully saturated rings. The monoisotopic (exact) mass is 387 g/mol. The van der Waals surface area contributed by atoms with Crippen LogP contribution in [0, 0.1) is 5.41 Å². The van der Waals surface area contributed by atoms with Crippen LogP contribution in [0.4, 0.5) is 0 Å². The van der Waals surface area contributed by atoms with Crippen molar-refractivity contribution in [1.82, 2.24) is 4.90 Å². The predicted octanol–water partition coefficient (Wildman–Crippen LogP) is 1.99. The number of carbonyl (C=O) groups excluding carboxylic acids is 3. The van der Waals surface area contributed by atoms with E-state index in [1.807, 2.05) is 12.1 Å². The average Bonchev–Trinajstić information content (AvgIpc) is 2.92. The number of hydrogen-bond donors (Lipinski definition) is 0. The highest BCUT2D eigenvalue weighted by Crippen LogP contribution is 2.62. The molecule has 150 valence electrons. The summed E-state index contributed by atoms with van der Waals surface area (Å²) in [4.78, 5) is 41.1. The largest absolute Gasteiger partial charge is 0.493 e. The minimum Gasteiger partial charge on any atom is -0.493 e. The molecule has 1 amide bonds. The summed E-state index contributed by atoms with van der Waals surface area (Å²) in [7, 11) is 3.12. The maximum absolute atomic E-state index is 13.3. The maximum Gasteiger partial charge on any atom is 0.323 e. The second-order valence-corrected chi connectivity index (χ2v) is 7.59. The van der Waals surface area contributed by atoms with Crippen LogP contribution in [-0.4, -0.2) is 49.9 Å². The quantitative estimate of drug-likeness (QED) is 0.446. The smallest absolute Gasteiger partial charge is 0.323 e. The van der Waals surface area contributed by atoms with Crippen LogP contribution in [0.5, 0.6) is 11.5 Å². The highest BCUT2D eigenvalue weighted by atomic mass is 16.5. The number of carbonyl (C=O) groups is 3. The molecule has 1 saturated heterocycles. The van der Waals surface area contributed by atoms with E-state index < -0.39 is 28.6 Å². The van der Waals surface area contributed by atoms with Crippen molar-refractivity contribution in [2.75, 3.05) is 27.4 Å². The zero-order valence-electron chi connectivity index (χ0n) is 16.5. The van der Waals surface area contributed by atoms with E-state index in [2.05, 4.69) is 0 Å². The van der Waals surface area contributed by atoms with Crippen molar-refractivity contribution < 1.29 is 28.6 Å². The number of Topliss-reactive ketones (excluding diaryl/α,β-unsaturated/α-hetero) is 1. The average molecular weight is 387 g/mol. The van der Waals surface area contributed by atoms with E-state index in [0.29, 0.717) is 43.7 Å². The van der Waals surface area contributed by atoms with Gasteiger partial charge in [0.05, 0.1) is 26.4 Å². The molecular formula is C21H25NO6. The molecule has 1 aromatic carbocycles. The van der Waals surface area contributed by atoms with Crippen LogP contribution < -0.4 is 9.47 Å². The van der Waals surface area contributed by atoms with Gasteiger partial charge in [-0.05, 0) is 49.4 Å². The first kappa shape index (κ1) is 18.8. The van der Waals surface area contributed by atoms with Crippen molar-refractivity contribution in [2.45, 2.75) is 44.6 Å². The van der Waals surface area contributed by atoms with Gasteiger partial charge in [-0.1, -0.05) is 12.8 Å². The number of fused-ring (bicyclic) bond motifs is 1. The number of nitrogens with zero attached hydrogens (tertiary/aromatic N) is 1. The zero-order chi connectivity index (χ0) is 20.1. The first-order valence-electron chi connectivity index (χ1n) is 9.77. The molecule has 28 heavy (non-hydrogen) atoms. The molecule has 4 rings (SSSR count). The Labute approximate surface area is 163 Å². The predicted molar refractivity (Wildman–Crippen MR) is 99.2 cm³/mol. The molecule has 1 aliphatic carbocycles. The van der Waals surface area contributed by atoms with E-state index >= 15 is 0 Å². The van der Waals surface area contributed by atoms with Crippen LogP contribution in [0.15, 0.2) is 12.1 Å². The summed E-state index contributed by atoms with van der Waals surface area (Å²) in [6.07, 6.45) is 2.99. The lowest BCUT2D eigenvalue weighted by Gasteiger charge is -2.52. The molecule has 2 atom stereocenters. The summed E-state index contributed by atoms with van der Waals surface area (Å²) in [5, 5.41) is 0. The molecule has 1 aromatic rings. The van der Waals surface area contributed by atoms with Gasteiger partial charge in [-0.15, -0.1) is 0 Å². The lowest BCUT2D eigenvalue weighted by atomic mass is 9.56. The van der Waals surface area contributed by atoms with E-state index in [0.717, 1.165) is 17.5 Å². The van der Waals surface area contributed by atoms with Crippen LogP contribution >= 0.6 is 0 Å². The Balaban J connectivity index is 2.02.